The minimum Gasteiger partial charge on any atom is -0.322 e. The maximum absolute atomic E-state index is 12.8. The molecule has 0 radical (unpaired) electrons. The summed E-state index contributed by atoms with van der Waals surface area (Å²) in [6.45, 7) is 8.37. The van der Waals surface area contributed by atoms with Crippen molar-refractivity contribution in [1.29, 1.82) is 0 Å². The minimum absolute atomic E-state index is 0.0375. The summed E-state index contributed by atoms with van der Waals surface area (Å²) in [6, 6.07) is 13.4. The molecular formula is C24H25N7O. The molecule has 4 rings (SSSR count). The molecule has 0 bridgehead atoms. The zero-order valence-corrected chi connectivity index (χ0v) is 18.5. The van der Waals surface area contributed by atoms with Crippen LogP contribution in [0, 0.1) is 6.92 Å². The van der Waals surface area contributed by atoms with E-state index in [4.69, 9.17) is 0 Å². The predicted octanol–water partition coefficient (Wildman–Crippen LogP) is 4.86. The Morgan fingerprint density at radius 1 is 1.03 bits per heavy atom. The van der Waals surface area contributed by atoms with Crippen LogP contribution in [0.2, 0.25) is 0 Å². The van der Waals surface area contributed by atoms with Crippen molar-refractivity contribution in [2.75, 3.05) is 10.6 Å². The van der Waals surface area contributed by atoms with Gasteiger partial charge in [0, 0.05) is 23.0 Å². The standard InChI is InChI=1S/C24H25N7O/c1-15-19(21-25-14-26-23(31-21)29-18-12-27-28-13-18)6-5-7-20(15)30-22(32)16-8-10-17(11-9-16)24(2,3)4/h5-14H,1-4H3,(H,27,28)(H,30,32)(H,25,26,29,31). The van der Waals surface area contributed by atoms with E-state index >= 15 is 0 Å². The number of H-pyrrole nitrogens is 1. The van der Waals surface area contributed by atoms with Crippen LogP contribution in [-0.2, 0) is 5.41 Å². The number of hydrogen-bond acceptors (Lipinski definition) is 6. The number of anilines is 3. The Hall–Kier alpha value is -4.07. The lowest BCUT2D eigenvalue weighted by molar-refractivity contribution is 0.102. The van der Waals surface area contributed by atoms with E-state index in [2.05, 4.69) is 56.6 Å². The molecule has 0 fully saturated rings. The summed E-state index contributed by atoms with van der Waals surface area (Å²) in [4.78, 5) is 25.8. The number of aromatic nitrogens is 5. The van der Waals surface area contributed by atoms with Crippen molar-refractivity contribution < 1.29 is 4.79 Å². The van der Waals surface area contributed by atoms with Gasteiger partial charge >= 0.3 is 0 Å². The third kappa shape index (κ3) is 4.64. The van der Waals surface area contributed by atoms with E-state index in [-0.39, 0.29) is 11.3 Å². The Kier molecular flexibility index (Phi) is 5.68. The van der Waals surface area contributed by atoms with E-state index in [1.165, 1.54) is 11.9 Å². The second-order valence-corrected chi connectivity index (χ2v) is 8.50. The van der Waals surface area contributed by atoms with Crippen molar-refractivity contribution in [3.05, 3.63) is 77.9 Å². The third-order valence-corrected chi connectivity index (χ3v) is 5.16. The lowest BCUT2D eigenvalue weighted by Gasteiger charge is -2.19. The van der Waals surface area contributed by atoms with Gasteiger partial charge in [0.15, 0.2) is 5.82 Å². The molecule has 8 heteroatoms. The van der Waals surface area contributed by atoms with Crippen molar-refractivity contribution in [2.45, 2.75) is 33.1 Å². The van der Waals surface area contributed by atoms with Crippen LogP contribution in [0.3, 0.4) is 0 Å². The molecule has 1 amide bonds. The topological polar surface area (TPSA) is 108 Å². The smallest absolute Gasteiger partial charge is 0.255 e. The molecule has 0 aliphatic heterocycles. The zero-order valence-electron chi connectivity index (χ0n) is 18.5. The van der Waals surface area contributed by atoms with E-state index < -0.39 is 0 Å². The highest BCUT2D eigenvalue weighted by molar-refractivity contribution is 6.05. The third-order valence-electron chi connectivity index (χ3n) is 5.16. The number of hydrogen-bond donors (Lipinski definition) is 3. The monoisotopic (exact) mass is 427 g/mol. The largest absolute Gasteiger partial charge is 0.322 e. The van der Waals surface area contributed by atoms with E-state index in [1.807, 2.05) is 49.4 Å². The fourth-order valence-electron chi connectivity index (χ4n) is 3.26. The first kappa shape index (κ1) is 21.2. The molecule has 0 aliphatic rings. The van der Waals surface area contributed by atoms with Crippen molar-refractivity contribution >= 4 is 23.2 Å². The summed E-state index contributed by atoms with van der Waals surface area (Å²) in [5.74, 6) is 0.752. The Morgan fingerprint density at radius 2 is 1.81 bits per heavy atom. The predicted molar refractivity (Wildman–Crippen MR) is 125 cm³/mol. The van der Waals surface area contributed by atoms with E-state index in [9.17, 15) is 4.79 Å². The number of aromatic amines is 1. The van der Waals surface area contributed by atoms with Crippen LogP contribution >= 0.6 is 0 Å². The van der Waals surface area contributed by atoms with E-state index in [1.54, 1.807) is 12.4 Å². The molecule has 0 spiro atoms. The summed E-state index contributed by atoms with van der Waals surface area (Å²) in [7, 11) is 0. The molecule has 3 N–H and O–H groups in total. The van der Waals surface area contributed by atoms with Gasteiger partial charge in [0.25, 0.3) is 5.91 Å². The van der Waals surface area contributed by atoms with Gasteiger partial charge in [-0.1, -0.05) is 45.0 Å². The highest BCUT2D eigenvalue weighted by atomic mass is 16.1. The van der Waals surface area contributed by atoms with Gasteiger partial charge < -0.3 is 10.6 Å². The summed E-state index contributed by atoms with van der Waals surface area (Å²) >= 11 is 0. The van der Waals surface area contributed by atoms with Crippen LogP contribution in [-0.4, -0.2) is 31.1 Å². The molecule has 8 nitrogen and oxygen atoms in total. The van der Waals surface area contributed by atoms with Crippen molar-refractivity contribution in [3.8, 4) is 11.4 Å². The van der Waals surface area contributed by atoms with Gasteiger partial charge in [0.2, 0.25) is 5.95 Å². The van der Waals surface area contributed by atoms with Gasteiger partial charge in [0.1, 0.15) is 6.33 Å². The molecule has 0 unspecified atom stereocenters. The maximum Gasteiger partial charge on any atom is 0.255 e. The normalized spacial score (nSPS) is 11.2. The average Bonchev–Trinajstić information content (AvgIpc) is 3.28. The summed E-state index contributed by atoms with van der Waals surface area (Å²) < 4.78 is 0. The summed E-state index contributed by atoms with van der Waals surface area (Å²) in [5.41, 5.74) is 4.96. The molecular weight excluding hydrogens is 402 g/mol. The molecule has 0 saturated heterocycles. The van der Waals surface area contributed by atoms with Crippen LogP contribution in [0.4, 0.5) is 17.3 Å². The highest BCUT2D eigenvalue weighted by Crippen LogP contribution is 2.27. The number of nitrogens with one attached hydrogen (secondary N) is 3. The van der Waals surface area contributed by atoms with Crippen LogP contribution in [0.15, 0.2) is 61.2 Å². The summed E-state index contributed by atoms with van der Waals surface area (Å²) in [5, 5.41) is 12.7. The fraction of sp³-hybridized carbons (Fsp3) is 0.208. The lowest BCUT2D eigenvalue weighted by Crippen LogP contribution is -2.15. The first-order chi connectivity index (χ1) is 15.3. The maximum atomic E-state index is 12.8. The Labute approximate surface area is 186 Å². The Bertz CT molecular complexity index is 1230. The van der Waals surface area contributed by atoms with Crippen LogP contribution in [0.1, 0.15) is 42.3 Å². The van der Waals surface area contributed by atoms with Crippen LogP contribution in [0.5, 0.6) is 0 Å². The number of carbonyl (C=O) groups is 1. The lowest BCUT2D eigenvalue weighted by atomic mass is 9.86. The molecule has 0 aliphatic carbocycles. The number of rotatable bonds is 5. The highest BCUT2D eigenvalue weighted by Gasteiger charge is 2.16. The number of benzene rings is 2. The van der Waals surface area contributed by atoms with Crippen LogP contribution < -0.4 is 10.6 Å². The second-order valence-electron chi connectivity index (χ2n) is 8.50. The molecule has 32 heavy (non-hydrogen) atoms. The number of carbonyl (C=O) groups excluding carboxylic acids is 1. The van der Waals surface area contributed by atoms with Crippen molar-refractivity contribution in [3.63, 3.8) is 0 Å². The quantitative estimate of drug-likeness (QED) is 0.420. The molecule has 0 saturated carbocycles. The molecule has 2 aromatic carbocycles. The Balaban J connectivity index is 1.56. The van der Waals surface area contributed by atoms with E-state index in [0.717, 1.165) is 16.8 Å². The van der Waals surface area contributed by atoms with Crippen molar-refractivity contribution in [2.24, 2.45) is 0 Å². The zero-order chi connectivity index (χ0) is 22.7. The molecule has 2 heterocycles. The van der Waals surface area contributed by atoms with Gasteiger partial charge in [0.05, 0.1) is 11.9 Å². The first-order valence-corrected chi connectivity index (χ1v) is 10.3. The molecule has 0 atom stereocenters. The molecule has 4 aromatic rings. The van der Waals surface area contributed by atoms with Gasteiger partial charge in [-0.25, -0.2) is 9.97 Å². The molecule has 162 valence electrons. The van der Waals surface area contributed by atoms with Crippen molar-refractivity contribution in [1.82, 2.24) is 25.1 Å². The fourth-order valence-corrected chi connectivity index (χ4v) is 3.26. The van der Waals surface area contributed by atoms with Gasteiger partial charge in [-0.2, -0.15) is 10.1 Å². The first-order valence-electron chi connectivity index (χ1n) is 10.3. The second kappa shape index (κ2) is 8.58. The minimum atomic E-state index is -0.163. The van der Waals surface area contributed by atoms with E-state index in [0.29, 0.717) is 23.0 Å². The van der Waals surface area contributed by atoms with Gasteiger partial charge in [-0.15, -0.1) is 0 Å². The number of nitrogens with zero attached hydrogens (tertiary/aromatic N) is 4. The summed E-state index contributed by atoms with van der Waals surface area (Å²) in [6.07, 6.45) is 4.80. The van der Waals surface area contributed by atoms with Crippen LogP contribution in [0.25, 0.3) is 11.4 Å². The average molecular weight is 428 g/mol. The Morgan fingerprint density at radius 3 is 2.50 bits per heavy atom. The number of amides is 1. The van der Waals surface area contributed by atoms with Gasteiger partial charge in [-0.05, 0) is 41.7 Å². The SMILES string of the molecule is Cc1c(NC(=O)c2ccc(C(C)(C)C)cc2)cccc1-c1ncnc(Nc2cn[nH]c2)n1. The molecule has 2 aromatic heterocycles. The van der Waals surface area contributed by atoms with Gasteiger partial charge in [-0.3, -0.25) is 9.89 Å².